The Hall–Kier alpha value is -2.48. The molecule has 0 fully saturated rings. The van der Waals surface area contributed by atoms with Crippen molar-refractivity contribution in [3.05, 3.63) is 57.3 Å². The van der Waals surface area contributed by atoms with Gasteiger partial charge in [-0.05, 0) is 22.6 Å². The summed E-state index contributed by atoms with van der Waals surface area (Å²) >= 11 is 0. The summed E-state index contributed by atoms with van der Waals surface area (Å²) in [6.45, 7) is 0. The van der Waals surface area contributed by atoms with Crippen LogP contribution >= 0.6 is 0 Å². The predicted molar refractivity (Wildman–Crippen MR) is 72.6 cm³/mol. The average molecular weight is 236 g/mol. The smallest absolute Gasteiger partial charge is 0.123 e. The normalized spacial score (nSPS) is 20.0. The molecule has 2 aromatic rings. The van der Waals surface area contributed by atoms with Gasteiger partial charge in [-0.15, -0.1) is 0 Å². The molecule has 2 heteroatoms. The highest BCUT2D eigenvalue weighted by Crippen LogP contribution is 1.97. The van der Waals surface area contributed by atoms with Crippen LogP contribution in [0.25, 0.3) is 24.3 Å². The van der Waals surface area contributed by atoms with E-state index in [-0.39, 0.29) is 11.5 Å². The van der Waals surface area contributed by atoms with E-state index in [1.54, 1.807) is 12.1 Å². The van der Waals surface area contributed by atoms with Crippen LogP contribution in [0.4, 0.5) is 0 Å². The lowest BCUT2D eigenvalue weighted by Crippen LogP contribution is -2.12. The molecule has 0 saturated carbocycles. The zero-order chi connectivity index (χ0) is 12.5. The minimum absolute atomic E-state index is 0.257. The van der Waals surface area contributed by atoms with Crippen molar-refractivity contribution >= 4 is 24.3 Å². The van der Waals surface area contributed by atoms with Gasteiger partial charge in [0.2, 0.25) is 0 Å². The van der Waals surface area contributed by atoms with Crippen LogP contribution in [-0.4, -0.2) is 10.2 Å². The lowest BCUT2D eigenvalue weighted by Gasteiger charge is -1.96. The molecule has 0 unspecified atom stereocenters. The summed E-state index contributed by atoms with van der Waals surface area (Å²) in [5.41, 5.74) is 0. The molecule has 0 radical (unpaired) electrons. The zero-order valence-corrected chi connectivity index (χ0v) is 9.67. The Labute approximate surface area is 104 Å². The number of hydrogen-bond donors (Lipinski definition) is 2. The first-order valence-electron chi connectivity index (χ1n) is 5.74. The maximum Gasteiger partial charge on any atom is 0.123 e. The maximum absolute atomic E-state index is 9.87. The van der Waals surface area contributed by atoms with Gasteiger partial charge in [0, 0.05) is 10.4 Å². The summed E-state index contributed by atoms with van der Waals surface area (Å²) in [6.07, 6.45) is 7.39. The van der Waals surface area contributed by atoms with Crippen LogP contribution in [0.1, 0.15) is 0 Å². The first-order valence-corrected chi connectivity index (χ1v) is 5.74. The first-order chi connectivity index (χ1) is 8.72. The van der Waals surface area contributed by atoms with Crippen molar-refractivity contribution in [2.24, 2.45) is 0 Å². The van der Waals surface area contributed by atoms with Crippen LogP contribution in [0, 0.1) is 0 Å². The third-order valence-corrected chi connectivity index (χ3v) is 3.02. The van der Waals surface area contributed by atoms with Gasteiger partial charge in [0.25, 0.3) is 0 Å². The molecular weight excluding hydrogens is 224 g/mol. The van der Waals surface area contributed by atoms with Gasteiger partial charge in [0.05, 0.1) is 0 Å². The van der Waals surface area contributed by atoms with E-state index in [1.165, 1.54) is 0 Å². The van der Waals surface area contributed by atoms with Gasteiger partial charge in [-0.1, -0.05) is 48.6 Å². The van der Waals surface area contributed by atoms with Gasteiger partial charge in [-0.3, -0.25) is 0 Å². The van der Waals surface area contributed by atoms with E-state index in [4.69, 9.17) is 0 Å². The minimum atomic E-state index is 0.257. The Morgan fingerprint density at radius 3 is 1.39 bits per heavy atom. The summed E-state index contributed by atoms with van der Waals surface area (Å²) < 4.78 is 0. The lowest BCUT2D eigenvalue weighted by atomic mass is 10.1. The number of benzene rings is 2. The van der Waals surface area contributed by atoms with Crippen molar-refractivity contribution < 1.29 is 10.2 Å². The van der Waals surface area contributed by atoms with Crippen molar-refractivity contribution in [2.45, 2.75) is 0 Å². The lowest BCUT2D eigenvalue weighted by molar-refractivity contribution is 0.470. The van der Waals surface area contributed by atoms with E-state index in [9.17, 15) is 10.2 Å². The van der Waals surface area contributed by atoms with Gasteiger partial charge in [-0.25, -0.2) is 0 Å². The van der Waals surface area contributed by atoms with Crippen molar-refractivity contribution in [1.29, 1.82) is 0 Å². The highest BCUT2D eigenvalue weighted by Gasteiger charge is 1.93. The molecule has 0 aromatic heterocycles. The first kappa shape index (κ1) is 10.7. The van der Waals surface area contributed by atoms with E-state index in [1.807, 2.05) is 48.6 Å². The standard InChI is InChI=1S/C16H12O2/c17-15-9-11-1-5-13(15)8-4-12-2-6-14(7-3-11)16(18)10-12/h1-10,17-18H/b7-3?,8-4?,11-3-,12-4+,13-8-,14-7+. The summed E-state index contributed by atoms with van der Waals surface area (Å²) in [4.78, 5) is 0. The molecule has 0 aliphatic heterocycles. The third-order valence-electron chi connectivity index (χ3n) is 3.02. The number of phenols is 2. The molecule has 4 aliphatic rings. The number of phenolic OH excluding ortho intramolecular Hbond substituents is 2. The summed E-state index contributed by atoms with van der Waals surface area (Å²) in [5.74, 6) is 0.514. The molecule has 2 N–H and O–H groups in total. The van der Waals surface area contributed by atoms with Crippen LogP contribution in [0.15, 0.2) is 36.4 Å². The van der Waals surface area contributed by atoms with Crippen molar-refractivity contribution in [2.75, 3.05) is 0 Å². The van der Waals surface area contributed by atoms with E-state index in [0.29, 0.717) is 0 Å². The number of rotatable bonds is 0. The molecule has 0 atom stereocenters. The van der Waals surface area contributed by atoms with Gasteiger partial charge >= 0.3 is 0 Å². The number of hydrogen-bond acceptors (Lipinski definition) is 2. The molecule has 0 spiro atoms. The average Bonchev–Trinajstić information content (AvgIpc) is 2.34. The molecule has 18 heavy (non-hydrogen) atoms. The fraction of sp³-hybridized carbons (Fsp3) is 0. The molecule has 6 rings (SSSR count). The van der Waals surface area contributed by atoms with E-state index >= 15 is 0 Å². The predicted octanol–water partition coefficient (Wildman–Crippen LogP) is -0.0664. The number of aromatic hydroxyl groups is 2. The Kier molecular flexibility index (Phi) is 2.41. The molecule has 0 heterocycles. The Bertz CT molecular complexity index is 772. The third kappa shape index (κ3) is 1.89. The van der Waals surface area contributed by atoms with Crippen LogP contribution < -0.4 is 20.9 Å². The molecule has 88 valence electrons. The van der Waals surface area contributed by atoms with Crippen molar-refractivity contribution in [1.82, 2.24) is 0 Å². The van der Waals surface area contributed by atoms with E-state index in [0.717, 1.165) is 20.9 Å². The van der Waals surface area contributed by atoms with Crippen molar-refractivity contribution in [3.8, 4) is 11.5 Å². The molecule has 4 aliphatic carbocycles. The molecule has 0 saturated heterocycles. The molecule has 2 aromatic carbocycles. The van der Waals surface area contributed by atoms with Gasteiger partial charge in [0.1, 0.15) is 11.5 Å². The van der Waals surface area contributed by atoms with Crippen LogP contribution in [0.2, 0.25) is 0 Å². The van der Waals surface area contributed by atoms with Gasteiger partial charge < -0.3 is 10.2 Å². The molecule has 0 amide bonds. The van der Waals surface area contributed by atoms with Crippen molar-refractivity contribution in [3.63, 3.8) is 0 Å². The van der Waals surface area contributed by atoms with Crippen LogP contribution in [0.5, 0.6) is 11.5 Å². The second-order valence-electron chi connectivity index (χ2n) is 4.30. The highest BCUT2D eigenvalue weighted by molar-refractivity contribution is 5.66. The fourth-order valence-corrected chi connectivity index (χ4v) is 1.98. The monoisotopic (exact) mass is 236 g/mol. The Morgan fingerprint density at radius 2 is 1.00 bits per heavy atom. The quantitative estimate of drug-likeness (QED) is 0.672. The van der Waals surface area contributed by atoms with E-state index in [2.05, 4.69) is 0 Å². The zero-order valence-electron chi connectivity index (χ0n) is 9.67. The molecule has 4 bridgehead atoms. The summed E-state index contributed by atoms with van der Waals surface area (Å²) in [5, 5.41) is 23.1. The maximum atomic E-state index is 9.87. The Balaban J connectivity index is 2.49. The topological polar surface area (TPSA) is 40.5 Å². The SMILES string of the molecule is Oc1c\c2cc/c1=C/C=c1\cc/c(c(O)c1)=C\C=2. The van der Waals surface area contributed by atoms with Gasteiger partial charge in [-0.2, -0.15) is 0 Å². The fourth-order valence-electron chi connectivity index (χ4n) is 1.98. The second-order valence-corrected chi connectivity index (χ2v) is 4.30. The minimum Gasteiger partial charge on any atom is -0.507 e. The van der Waals surface area contributed by atoms with Crippen LogP contribution in [0.3, 0.4) is 0 Å². The largest absolute Gasteiger partial charge is 0.507 e. The molecular formula is C16H12O2. The summed E-state index contributed by atoms with van der Waals surface area (Å²) in [6, 6.07) is 11.0. The molecule has 2 nitrogen and oxygen atoms in total. The van der Waals surface area contributed by atoms with Gasteiger partial charge in [0.15, 0.2) is 0 Å². The Morgan fingerprint density at radius 1 is 0.556 bits per heavy atom. The highest BCUT2D eigenvalue weighted by atomic mass is 16.3. The second kappa shape index (κ2) is 4.08. The van der Waals surface area contributed by atoms with Crippen LogP contribution in [-0.2, 0) is 0 Å². The summed E-state index contributed by atoms with van der Waals surface area (Å²) in [7, 11) is 0. The van der Waals surface area contributed by atoms with E-state index < -0.39 is 0 Å².